The molecule has 0 saturated heterocycles. The van der Waals surface area contributed by atoms with E-state index in [0.717, 1.165) is 11.1 Å². The van der Waals surface area contributed by atoms with Crippen LogP contribution in [0.2, 0.25) is 0 Å². The van der Waals surface area contributed by atoms with Gasteiger partial charge in [-0.2, -0.15) is 0 Å². The Hall–Kier alpha value is -2.32. The number of hydrogen-bond acceptors (Lipinski definition) is 4. The highest BCUT2D eigenvalue weighted by Crippen LogP contribution is 2.07. The van der Waals surface area contributed by atoms with E-state index in [1.165, 1.54) is 9.80 Å². The Bertz CT molecular complexity index is 459. The first kappa shape index (κ1) is 17.7. The van der Waals surface area contributed by atoms with Gasteiger partial charge in [-0.25, -0.2) is 20.4 Å². The Morgan fingerprint density at radius 1 is 0.818 bits per heavy atom. The van der Waals surface area contributed by atoms with Gasteiger partial charge in [-0.1, -0.05) is 24.3 Å². The minimum atomic E-state index is -0.214. The van der Waals surface area contributed by atoms with Crippen molar-refractivity contribution in [2.45, 2.75) is 13.1 Å². The first-order valence-corrected chi connectivity index (χ1v) is 6.89. The number of nitrogens with zero attached hydrogens (tertiary/aromatic N) is 2. The van der Waals surface area contributed by atoms with Crippen molar-refractivity contribution in [3.05, 3.63) is 35.4 Å². The molecule has 4 N–H and O–H groups in total. The van der Waals surface area contributed by atoms with Crippen LogP contribution in [-0.2, 0) is 13.1 Å². The molecule has 4 amide bonds. The molecule has 0 unspecified atom stereocenters. The zero-order chi connectivity index (χ0) is 16.5. The van der Waals surface area contributed by atoms with Crippen molar-refractivity contribution >= 4 is 12.1 Å². The number of urea groups is 2. The largest absolute Gasteiger partial charge is 0.331 e. The van der Waals surface area contributed by atoms with Crippen LogP contribution in [0.1, 0.15) is 11.1 Å². The molecule has 0 spiro atoms. The highest BCUT2D eigenvalue weighted by molar-refractivity contribution is 5.73. The highest BCUT2D eigenvalue weighted by Gasteiger charge is 2.05. The van der Waals surface area contributed by atoms with Crippen LogP contribution >= 0.6 is 0 Å². The molecule has 122 valence electrons. The third kappa shape index (κ3) is 5.98. The maximum atomic E-state index is 11.4. The Labute approximate surface area is 130 Å². The van der Waals surface area contributed by atoms with Gasteiger partial charge in [-0.15, -0.1) is 0 Å². The molecule has 0 radical (unpaired) electrons. The summed E-state index contributed by atoms with van der Waals surface area (Å²) in [6, 6.07) is 7.33. The predicted octanol–water partition coefficient (Wildman–Crippen LogP) is 0.238. The van der Waals surface area contributed by atoms with Crippen molar-refractivity contribution in [3.63, 3.8) is 0 Å². The standard InChI is InChI=1S/C14H24N6O2/c1-19(2)13(21)17-15-9-11-7-5-6-8-12(11)10-16-18-14(22)20(3)4/h5-8,15-16H,9-10H2,1-4H3,(H,17,21)(H,18,22). The molecule has 0 aliphatic heterocycles. The summed E-state index contributed by atoms with van der Waals surface area (Å²) < 4.78 is 0. The van der Waals surface area contributed by atoms with Crippen LogP contribution in [0.25, 0.3) is 0 Å². The van der Waals surface area contributed by atoms with Gasteiger partial charge in [0, 0.05) is 41.3 Å². The minimum Gasteiger partial charge on any atom is -0.330 e. The van der Waals surface area contributed by atoms with E-state index in [-0.39, 0.29) is 12.1 Å². The molecule has 0 bridgehead atoms. The van der Waals surface area contributed by atoms with Gasteiger partial charge in [0.15, 0.2) is 0 Å². The molecule has 22 heavy (non-hydrogen) atoms. The highest BCUT2D eigenvalue weighted by atomic mass is 16.2. The number of nitrogens with one attached hydrogen (secondary N) is 4. The first-order chi connectivity index (χ1) is 10.4. The number of amides is 4. The van der Waals surface area contributed by atoms with E-state index >= 15 is 0 Å². The zero-order valence-corrected chi connectivity index (χ0v) is 13.4. The minimum absolute atomic E-state index is 0.214. The topological polar surface area (TPSA) is 88.7 Å². The number of rotatable bonds is 6. The second-order valence-corrected chi connectivity index (χ2v) is 5.12. The fourth-order valence-corrected chi connectivity index (χ4v) is 1.56. The molecule has 1 aromatic carbocycles. The van der Waals surface area contributed by atoms with Crippen LogP contribution in [0.3, 0.4) is 0 Å². The lowest BCUT2D eigenvalue weighted by molar-refractivity contribution is 0.211. The fourth-order valence-electron chi connectivity index (χ4n) is 1.56. The van der Waals surface area contributed by atoms with Crippen LogP contribution in [0.5, 0.6) is 0 Å². The Kier molecular flexibility index (Phi) is 7.14. The summed E-state index contributed by atoms with van der Waals surface area (Å²) >= 11 is 0. The second-order valence-electron chi connectivity index (χ2n) is 5.12. The van der Waals surface area contributed by atoms with Gasteiger partial charge < -0.3 is 9.80 Å². The molecular weight excluding hydrogens is 284 g/mol. The molecule has 0 atom stereocenters. The third-order valence-corrected chi connectivity index (χ3v) is 2.88. The summed E-state index contributed by atoms with van der Waals surface area (Å²) in [7, 11) is 6.68. The van der Waals surface area contributed by atoms with Crippen LogP contribution in [0.15, 0.2) is 24.3 Å². The van der Waals surface area contributed by atoms with E-state index in [9.17, 15) is 9.59 Å². The first-order valence-electron chi connectivity index (χ1n) is 6.89. The molecular formula is C14H24N6O2. The van der Waals surface area contributed by atoms with E-state index in [0.29, 0.717) is 13.1 Å². The summed E-state index contributed by atoms with van der Waals surface area (Å²) in [5.41, 5.74) is 13.0. The smallest absolute Gasteiger partial charge is 0.330 e. The van der Waals surface area contributed by atoms with Gasteiger partial charge in [0.1, 0.15) is 0 Å². The van der Waals surface area contributed by atoms with Crippen molar-refractivity contribution in [1.29, 1.82) is 0 Å². The normalized spacial score (nSPS) is 10.0. The van der Waals surface area contributed by atoms with Crippen molar-refractivity contribution in [2.24, 2.45) is 0 Å². The molecule has 8 heteroatoms. The lowest BCUT2D eigenvalue weighted by Crippen LogP contribution is -2.44. The molecule has 1 rings (SSSR count). The van der Waals surface area contributed by atoms with Gasteiger partial charge in [0.2, 0.25) is 0 Å². The lowest BCUT2D eigenvalue weighted by atomic mass is 10.1. The fraction of sp³-hybridized carbons (Fsp3) is 0.429. The summed E-state index contributed by atoms with van der Waals surface area (Å²) in [4.78, 5) is 25.7. The SMILES string of the molecule is CN(C)C(=O)NNCc1ccccc1CNNC(=O)N(C)C. The van der Waals surface area contributed by atoms with Crippen LogP contribution in [0.4, 0.5) is 9.59 Å². The third-order valence-electron chi connectivity index (χ3n) is 2.88. The number of hydrogen-bond donors (Lipinski definition) is 4. The predicted molar refractivity (Wildman–Crippen MR) is 84.6 cm³/mol. The Morgan fingerprint density at radius 2 is 1.18 bits per heavy atom. The molecule has 0 saturated carbocycles. The van der Waals surface area contributed by atoms with Gasteiger partial charge in [-0.05, 0) is 11.1 Å². The summed E-state index contributed by atoms with van der Waals surface area (Å²) in [6.07, 6.45) is 0. The Morgan fingerprint density at radius 3 is 1.50 bits per heavy atom. The molecule has 0 aliphatic carbocycles. The molecule has 8 nitrogen and oxygen atoms in total. The van der Waals surface area contributed by atoms with Crippen molar-refractivity contribution in [3.8, 4) is 0 Å². The van der Waals surface area contributed by atoms with Crippen LogP contribution in [-0.4, -0.2) is 50.1 Å². The van der Waals surface area contributed by atoms with Gasteiger partial charge in [0.05, 0.1) is 0 Å². The molecule has 0 aromatic heterocycles. The van der Waals surface area contributed by atoms with E-state index in [2.05, 4.69) is 21.7 Å². The van der Waals surface area contributed by atoms with E-state index in [1.807, 2.05) is 24.3 Å². The molecule has 0 heterocycles. The van der Waals surface area contributed by atoms with Crippen molar-refractivity contribution in [1.82, 2.24) is 31.5 Å². The lowest BCUT2D eigenvalue weighted by Gasteiger charge is -2.16. The molecule has 0 aliphatic rings. The summed E-state index contributed by atoms with van der Waals surface area (Å²) in [5, 5.41) is 0. The Balaban J connectivity index is 2.48. The van der Waals surface area contributed by atoms with Gasteiger partial charge in [-0.3, -0.25) is 10.9 Å². The van der Waals surface area contributed by atoms with Crippen LogP contribution in [0, 0.1) is 0 Å². The summed E-state index contributed by atoms with van der Waals surface area (Å²) in [6.45, 7) is 0.970. The van der Waals surface area contributed by atoms with E-state index in [4.69, 9.17) is 0 Å². The van der Waals surface area contributed by atoms with Crippen molar-refractivity contribution < 1.29 is 9.59 Å². The van der Waals surface area contributed by atoms with Gasteiger partial charge in [0.25, 0.3) is 0 Å². The number of benzene rings is 1. The quantitative estimate of drug-likeness (QED) is 0.567. The zero-order valence-electron chi connectivity index (χ0n) is 13.4. The number of carbonyl (C=O) groups excluding carboxylic acids is 2. The molecule has 0 fully saturated rings. The average molecular weight is 308 g/mol. The average Bonchev–Trinajstić information content (AvgIpc) is 2.48. The van der Waals surface area contributed by atoms with Crippen LogP contribution < -0.4 is 21.7 Å². The van der Waals surface area contributed by atoms with Gasteiger partial charge >= 0.3 is 12.1 Å². The summed E-state index contributed by atoms with van der Waals surface area (Å²) in [5.74, 6) is 0. The maximum Gasteiger partial charge on any atom is 0.331 e. The second kappa shape index (κ2) is 8.85. The monoisotopic (exact) mass is 308 g/mol. The van der Waals surface area contributed by atoms with E-state index < -0.39 is 0 Å². The number of hydrazine groups is 2. The number of carbonyl (C=O) groups is 2. The molecule has 1 aromatic rings. The van der Waals surface area contributed by atoms with Crippen molar-refractivity contribution in [2.75, 3.05) is 28.2 Å². The maximum absolute atomic E-state index is 11.4. The van der Waals surface area contributed by atoms with E-state index in [1.54, 1.807) is 28.2 Å².